The van der Waals surface area contributed by atoms with Crippen LogP contribution in [0.5, 0.6) is 0 Å². The zero-order chi connectivity index (χ0) is 18.6. The molecule has 3 atom stereocenters. The molecule has 0 amide bonds. The number of rotatable bonds is 14. The molecule has 0 aromatic heterocycles. The van der Waals surface area contributed by atoms with E-state index in [4.69, 9.17) is 4.74 Å². The van der Waals surface area contributed by atoms with Crippen molar-refractivity contribution in [3.63, 3.8) is 0 Å². The molecule has 146 valence electrons. The number of unbranched alkanes of at least 4 members (excludes halogenated alkanes) is 8. The van der Waals surface area contributed by atoms with Crippen molar-refractivity contribution in [2.75, 3.05) is 5.32 Å². The Morgan fingerprint density at radius 2 is 1.62 bits per heavy atom. The van der Waals surface area contributed by atoms with Crippen molar-refractivity contribution in [3.05, 3.63) is 30.3 Å². The number of cyclic esters (lactones) is 1. The molecule has 0 aliphatic carbocycles. The van der Waals surface area contributed by atoms with Crippen LogP contribution in [0, 0.1) is 0 Å². The Labute approximate surface area is 158 Å². The first-order chi connectivity index (χ1) is 12.7. The normalized spacial score (nSPS) is 20.3. The summed E-state index contributed by atoms with van der Waals surface area (Å²) in [5.74, 6) is -0.228. The van der Waals surface area contributed by atoms with Crippen molar-refractivity contribution in [1.29, 1.82) is 0 Å². The molecule has 1 heterocycles. The topological polar surface area (TPSA) is 58.6 Å². The predicted octanol–water partition coefficient (Wildman–Crippen LogP) is 5.06. The summed E-state index contributed by atoms with van der Waals surface area (Å²) in [6, 6.07) is 9.33. The molecular weight excluding hydrogens is 326 g/mol. The van der Waals surface area contributed by atoms with Gasteiger partial charge in [0.05, 0.1) is 6.10 Å². The van der Waals surface area contributed by atoms with Crippen molar-refractivity contribution in [2.45, 2.75) is 95.8 Å². The first kappa shape index (κ1) is 20.8. The molecule has 1 aromatic carbocycles. The summed E-state index contributed by atoms with van der Waals surface area (Å²) in [5.41, 5.74) is 0.910. The van der Waals surface area contributed by atoms with E-state index in [0.717, 1.165) is 18.5 Å². The van der Waals surface area contributed by atoms with Gasteiger partial charge in [0.1, 0.15) is 6.10 Å². The highest BCUT2D eigenvalue weighted by Gasteiger charge is 2.43. The minimum atomic E-state index is -0.391. The van der Waals surface area contributed by atoms with Crippen LogP contribution in [-0.2, 0) is 9.53 Å². The third-order valence-corrected chi connectivity index (χ3v) is 5.13. The standard InChI is InChI=1S/C22H35NO3/c1-2-3-4-5-6-7-8-9-13-16-19(24)17-20-21(22(25)26-20)23-18-14-11-10-12-15-18/h10-12,14-15,19-21,23-24H,2-9,13,16-17H2,1H3/t19-,20-,21?/m1/s1. The lowest BCUT2D eigenvalue weighted by molar-refractivity contribution is -0.174. The predicted molar refractivity (Wildman–Crippen MR) is 106 cm³/mol. The molecule has 1 aliphatic rings. The number of hydrogen-bond donors (Lipinski definition) is 2. The molecule has 0 spiro atoms. The lowest BCUT2D eigenvalue weighted by Gasteiger charge is -2.37. The van der Waals surface area contributed by atoms with Crippen molar-refractivity contribution < 1.29 is 14.6 Å². The minimum absolute atomic E-state index is 0.226. The second-order valence-electron chi connectivity index (χ2n) is 7.47. The van der Waals surface area contributed by atoms with Gasteiger partial charge in [-0.25, -0.2) is 4.79 Å². The van der Waals surface area contributed by atoms with Gasteiger partial charge in [-0.1, -0.05) is 82.9 Å². The van der Waals surface area contributed by atoms with Crippen LogP contribution in [0.3, 0.4) is 0 Å². The molecule has 1 fully saturated rings. The molecule has 1 saturated heterocycles. The number of hydrogen-bond acceptors (Lipinski definition) is 4. The SMILES string of the molecule is CCCCCCCCCCC[C@@H](O)C[C@H]1OC(=O)C1Nc1ccccc1. The number of ether oxygens (including phenoxy) is 1. The van der Waals surface area contributed by atoms with Crippen LogP contribution in [0.15, 0.2) is 30.3 Å². The van der Waals surface area contributed by atoms with Crippen LogP contribution < -0.4 is 5.32 Å². The fourth-order valence-electron chi connectivity index (χ4n) is 3.50. The molecule has 4 heteroatoms. The molecule has 26 heavy (non-hydrogen) atoms. The van der Waals surface area contributed by atoms with E-state index in [9.17, 15) is 9.90 Å². The van der Waals surface area contributed by atoms with E-state index in [0.29, 0.717) is 6.42 Å². The molecule has 0 bridgehead atoms. The molecule has 0 radical (unpaired) electrons. The van der Waals surface area contributed by atoms with Gasteiger partial charge in [0, 0.05) is 12.1 Å². The fourth-order valence-corrected chi connectivity index (χ4v) is 3.50. The van der Waals surface area contributed by atoms with Gasteiger partial charge >= 0.3 is 5.97 Å². The molecule has 2 N–H and O–H groups in total. The van der Waals surface area contributed by atoms with E-state index in [2.05, 4.69) is 12.2 Å². The van der Waals surface area contributed by atoms with Crippen LogP contribution in [0.25, 0.3) is 0 Å². The molecule has 1 aliphatic heterocycles. The van der Waals surface area contributed by atoms with E-state index < -0.39 is 6.10 Å². The first-order valence-corrected chi connectivity index (χ1v) is 10.4. The van der Waals surface area contributed by atoms with Gasteiger partial charge in [0.25, 0.3) is 0 Å². The molecule has 0 saturated carbocycles. The van der Waals surface area contributed by atoms with Crippen LogP contribution in [0.2, 0.25) is 0 Å². The number of aliphatic hydroxyl groups is 1. The summed E-state index contributed by atoms with van der Waals surface area (Å²) in [7, 11) is 0. The van der Waals surface area contributed by atoms with E-state index >= 15 is 0 Å². The first-order valence-electron chi connectivity index (χ1n) is 10.4. The van der Waals surface area contributed by atoms with Gasteiger partial charge in [0.15, 0.2) is 6.04 Å². The zero-order valence-corrected chi connectivity index (χ0v) is 16.2. The maximum absolute atomic E-state index is 11.7. The minimum Gasteiger partial charge on any atom is -0.458 e. The highest BCUT2D eigenvalue weighted by Crippen LogP contribution is 2.25. The second kappa shape index (κ2) is 11.9. The Balaban J connectivity index is 1.53. The molecular formula is C22H35NO3. The highest BCUT2D eigenvalue weighted by atomic mass is 16.6. The summed E-state index contributed by atoms with van der Waals surface area (Å²) in [6.45, 7) is 2.25. The Hall–Kier alpha value is -1.55. The van der Waals surface area contributed by atoms with Gasteiger partial charge in [-0.15, -0.1) is 0 Å². The summed E-state index contributed by atoms with van der Waals surface area (Å²) in [6.07, 6.45) is 12.2. The summed E-state index contributed by atoms with van der Waals surface area (Å²) >= 11 is 0. The third kappa shape index (κ3) is 7.36. The van der Waals surface area contributed by atoms with Crippen molar-refractivity contribution in [3.8, 4) is 0 Å². The molecule has 4 nitrogen and oxygen atoms in total. The lowest BCUT2D eigenvalue weighted by atomic mass is 9.96. The molecule has 1 unspecified atom stereocenters. The second-order valence-corrected chi connectivity index (χ2v) is 7.47. The average molecular weight is 362 g/mol. The maximum Gasteiger partial charge on any atom is 0.332 e. The largest absolute Gasteiger partial charge is 0.458 e. The maximum atomic E-state index is 11.7. The number of anilines is 1. The zero-order valence-electron chi connectivity index (χ0n) is 16.2. The number of carbonyl (C=O) groups is 1. The van der Waals surface area contributed by atoms with E-state index in [1.807, 2.05) is 30.3 Å². The van der Waals surface area contributed by atoms with Gasteiger partial charge in [-0.2, -0.15) is 0 Å². The quantitative estimate of drug-likeness (QED) is 0.359. The van der Waals surface area contributed by atoms with Crippen LogP contribution >= 0.6 is 0 Å². The van der Waals surface area contributed by atoms with Gasteiger partial charge in [-0.05, 0) is 18.6 Å². The summed E-state index contributed by atoms with van der Waals surface area (Å²) < 4.78 is 5.22. The van der Waals surface area contributed by atoms with E-state index in [1.54, 1.807) is 0 Å². The number of para-hydroxylation sites is 1. The highest BCUT2D eigenvalue weighted by molar-refractivity contribution is 5.85. The van der Waals surface area contributed by atoms with E-state index in [-0.39, 0.29) is 18.1 Å². The van der Waals surface area contributed by atoms with Crippen LogP contribution in [-0.4, -0.2) is 29.3 Å². The smallest absolute Gasteiger partial charge is 0.332 e. The Morgan fingerprint density at radius 1 is 1.00 bits per heavy atom. The van der Waals surface area contributed by atoms with Crippen LogP contribution in [0.4, 0.5) is 5.69 Å². The Bertz CT molecular complexity index is 505. The number of carbonyl (C=O) groups excluding carboxylic acids is 1. The van der Waals surface area contributed by atoms with E-state index in [1.165, 1.54) is 51.4 Å². The Morgan fingerprint density at radius 3 is 2.23 bits per heavy atom. The number of nitrogens with one attached hydrogen (secondary N) is 1. The monoisotopic (exact) mass is 361 g/mol. The van der Waals surface area contributed by atoms with Gasteiger partial charge in [0.2, 0.25) is 0 Å². The average Bonchev–Trinajstić information content (AvgIpc) is 2.65. The summed E-state index contributed by atoms with van der Waals surface area (Å²) in [5, 5.41) is 13.4. The van der Waals surface area contributed by atoms with Crippen molar-refractivity contribution >= 4 is 11.7 Å². The fraction of sp³-hybridized carbons (Fsp3) is 0.682. The number of esters is 1. The summed E-state index contributed by atoms with van der Waals surface area (Å²) in [4.78, 5) is 11.7. The molecule has 2 rings (SSSR count). The van der Waals surface area contributed by atoms with Crippen LogP contribution in [0.1, 0.15) is 77.6 Å². The van der Waals surface area contributed by atoms with Gasteiger partial charge in [-0.3, -0.25) is 0 Å². The number of benzene rings is 1. The number of aliphatic hydroxyl groups excluding tert-OH is 1. The third-order valence-electron chi connectivity index (χ3n) is 5.13. The Kier molecular flexibility index (Phi) is 9.54. The van der Waals surface area contributed by atoms with Crippen molar-refractivity contribution in [2.24, 2.45) is 0 Å². The molecule has 1 aromatic rings. The van der Waals surface area contributed by atoms with Gasteiger partial charge < -0.3 is 15.2 Å². The lowest BCUT2D eigenvalue weighted by Crippen LogP contribution is -2.55. The van der Waals surface area contributed by atoms with Crippen molar-refractivity contribution in [1.82, 2.24) is 0 Å².